The second-order valence-corrected chi connectivity index (χ2v) is 4.02. The van der Waals surface area contributed by atoms with Gasteiger partial charge in [0, 0.05) is 4.90 Å². The van der Waals surface area contributed by atoms with Crippen molar-refractivity contribution < 1.29 is 0 Å². The van der Waals surface area contributed by atoms with Crippen LogP contribution in [0.5, 0.6) is 0 Å². The van der Waals surface area contributed by atoms with Crippen molar-refractivity contribution in [3.05, 3.63) is 29.8 Å². The highest BCUT2D eigenvalue weighted by molar-refractivity contribution is 7.99. The Hall–Kier alpha value is -0.430. The number of thioether (sulfide) groups is 1. The average Bonchev–Trinajstić information content (AvgIpc) is 2.15. The lowest BCUT2D eigenvalue weighted by Gasteiger charge is -2.01. The SMILES string of the molecule is CCCSc1cccc(CC)c1. The molecule has 66 valence electrons. The number of benzene rings is 1. The Morgan fingerprint density at radius 1 is 1.25 bits per heavy atom. The van der Waals surface area contributed by atoms with Gasteiger partial charge in [-0.2, -0.15) is 0 Å². The molecule has 0 aliphatic heterocycles. The molecule has 0 aromatic heterocycles. The molecular formula is C11H16S. The summed E-state index contributed by atoms with van der Waals surface area (Å²) < 4.78 is 0. The third-order valence-electron chi connectivity index (χ3n) is 1.78. The highest BCUT2D eigenvalue weighted by Gasteiger charge is 1.93. The summed E-state index contributed by atoms with van der Waals surface area (Å²) >= 11 is 1.95. The Kier molecular flexibility index (Phi) is 4.23. The zero-order valence-corrected chi connectivity index (χ0v) is 8.66. The Balaban J connectivity index is 2.60. The molecule has 0 aliphatic rings. The van der Waals surface area contributed by atoms with E-state index in [4.69, 9.17) is 0 Å². The molecule has 0 saturated heterocycles. The van der Waals surface area contributed by atoms with Crippen LogP contribution in [-0.2, 0) is 6.42 Å². The molecule has 1 aromatic carbocycles. The van der Waals surface area contributed by atoms with Gasteiger partial charge in [-0.1, -0.05) is 26.0 Å². The molecule has 0 radical (unpaired) electrons. The summed E-state index contributed by atoms with van der Waals surface area (Å²) in [6.45, 7) is 4.42. The van der Waals surface area contributed by atoms with Crippen LogP contribution in [-0.4, -0.2) is 5.75 Å². The van der Waals surface area contributed by atoms with Crippen LogP contribution in [0, 0.1) is 0 Å². The van der Waals surface area contributed by atoms with E-state index in [0.29, 0.717) is 0 Å². The predicted molar refractivity (Wildman–Crippen MR) is 56.8 cm³/mol. The molecule has 1 rings (SSSR count). The van der Waals surface area contributed by atoms with Gasteiger partial charge in [0.1, 0.15) is 0 Å². The standard InChI is InChI=1S/C11H16S/c1-3-8-12-11-7-5-6-10(4-2)9-11/h5-7,9H,3-4,8H2,1-2H3. The molecule has 0 spiro atoms. The van der Waals surface area contributed by atoms with Crippen molar-refractivity contribution in [2.24, 2.45) is 0 Å². The second-order valence-electron chi connectivity index (χ2n) is 2.85. The van der Waals surface area contributed by atoms with E-state index in [1.807, 2.05) is 11.8 Å². The fourth-order valence-electron chi connectivity index (χ4n) is 1.08. The minimum Gasteiger partial charge on any atom is -0.126 e. The van der Waals surface area contributed by atoms with Gasteiger partial charge in [0.15, 0.2) is 0 Å². The van der Waals surface area contributed by atoms with Gasteiger partial charge in [-0.15, -0.1) is 11.8 Å². The lowest BCUT2D eigenvalue weighted by molar-refractivity contribution is 1.10. The molecule has 0 N–H and O–H groups in total. The molecule has 12 heavy (non-hydrogen) atoms. The van der Waals surface area contributed by atoms with Gasteiger partial charge in [-0.3, -0.25) is 0 Å². The van der Waals surface area contributed by atoms with Crippen molar-refractivity contribution in [2.75, 3.05) is 5.75 Å². The average molecular weight is 180 g/mol. The first-order valence-corrected chi connectivity index (χ1v) is 5.57. The monoisotopic (exact) mass is 180 g/mol. The van der Waals surface area contributed by atoms with Crippen LogP contribution in [0.2, 0.25) is 0 Å². The van der Waals surface area contributed by atoms with Crippen LogP contribution >= 0.6 is 11.8 Å². The largest absolute Gasteiger partial charge is 0.126 e. The van der Waals surface area contributed by atoms with Crippen LogP contribution in [0.25, 0.3) is 0 Å². The van der Waals surface area contributed by atoms with E-state index in [9.17, 15) is 0 Å². The Bertz CT molecular complexity index is 230. The van der Waals surface area contributed by atoms with E-state index < -0.39 is 0 Å². The maximum atomic E-state index is 2.29. The summed E-state index contributed by atoms with van der Waals surface area (Å²) in [6.07, 6.45) is 2.39. The first-order valence-electron chi connectivity index (χ1n) is 4.58. The van der Waals surface area contributed by atoms with Crippen molar-refractivity contribution >= 4 is 11.8 Å². The molecule has 1 heteroatoms. The van der Waals surface area contributed by atoms with E-state index in [1.54, 1.807) is 0 Å². The minimum atomic E-state index is 1.14. The Morgan fingerprint density at radius 2 is 2.08 bits per heavy atom. The molecule has 0 amide bonds. The summed E-state index contributed by atoms with van der Waals surface area (Å²) in [6, 6.07) is 8.83. The van der Waals surface area contributed by atoms with E-state index >= 15 is 0 Å². The Labute approximate surface area is 79.4 Å². The summed E-state index contributed by atoms with van der Waals surface area (Å²) in [7, 11) is 0. The van der Waals surface area contributed by atoms with Gasteiger partial charge < -0.3 is 0 Å². The van der Waals surface area contributed by atoms with E-state index in [0.717, 1.165) is 6.42 Å². The van der Waals surface area contributed by atoms with Crippen molar-refractivity contribution in [3.63, 3.8) is 0 Å². The van der Waals surface area contributed by atoms with Crippen molar-refractivity contribution in [1.82, 2.24) is 0 Å². The molecule has 0 heterocycles. The van der Waals surface area contributed by atoms with E-state index in [-0.39, 0.29) is 0 Å². The zero-order valence-electron chi connectivity index (χ0n) is 7.84. The third kappa shape index (κ3) is 2.90. The lowest BCUT2D eigenvalue weighted by Crippen LogP contribution is -1.81. The first kappa shape index (κ1) is 9.66. The second kappa shape index (κ2) is 5.26. The summed E-state index contributed by atoms with van der Waals surface area (Å²) in [4.78, 5) is 1.41. The van der Waals surface area contributed by atoms with Crippen molar-refractivity contribution in [1.29, 1.82) is 0 Å². The molecule has 1 aromatic rings. The van der Waals surface area contributed by atoms with Crippen LogP contribution in [0.3, 0.4) is 0 Å². The van der Waals surface area contributed by atoms with E-state index in [2.05, 4.69) is 38.1 Å². The van der Waals surface area contributed by atoms with Gasteiger partial charge in [0.25, 0.3) is 0 Å². The fraction of sp³-hybridized carbons (Fsp3) is 0.455. The molecule has 0 unspecified atom stereocenters. The minimum absolute atomic E-state index is 1.14. The van der Waals surface area contributed by atoms with Gasteiger partial charge in [-0.25, -0.2) is 0 Å². The number of hydrogen-bond donors (Lipinski definition) is 0. The predicted octanol–water partition coefficient (Wildman–Crippen LogP) is 3.75. The highest BCUT2D eigenvalue weighted by atomic mass is 32.2. The van der Waals surface area contributed by atoms with Gasteiger partial charge >= 0.3 is 0 Å². The number of rotatable bonds is 4. The molecule has 0 fully saturated rings. The zero-order chi connectivity index (χ0) is 8.81. The van der Waals surface area contributed by atoms with Crippen LogP contribution in [0.15, 0.2) is 29.2 Å². The fourth-order valence-corrected chi connectivity index (χ4v) is 1.92. The number of hydrogen-bond acceptors (Lipinski definition) is 1. The summed E-state index contributed by atoms with van der Waals surface area (Å²) in [5.74, 6) is 1.23. The molecule has 0 atom stereocenters. The lowest BCUT2D eigenvalue weighted by atomic mass is 10.2. The molecule has 0 bridgehead atoms. The Morgan fingerprint density at radius 3 is 2.75 bits per heavy atom. The van der Waals surface area contributed by atoms with Gasteiger partial charge in [-0.05, 0) is 36.3 Å². The van der Waals surface area contributed by atoms with Crippen LogP contribution in [0.4, 0.5) is 0 Å². The van der Waals surface area contributed by atoms with Crippen molar-refractivity contribution in [3.8, 4) is 0 Å². The molecular weight excluding hydrogens is 164 g/mol. The van der Waals surface area contributed by atoms with Gasteiger partial charge in [0.05, 0.1) is 0 Å². The summed E-state index contributed by atoms with van der Waals surface area (Å²) in [5.41, 5.74) is 1.44. The first-order chi connectivity index (χ1) is 5.86. The number of aryl methyl sites for hydroxylation is 1. The topological polar surface area (TPSA) is 0 Å². The van der Waals surface area contributed by atoms with Crippen LogP contribution in [0.1, 0.15) is 25.8 Å². The molecule has 0 nitrogen and oxygen atoms in total. The maximum absolute atomic E-state index is 2.29. The van der Waals surface area contributed by atoms with E-state index in [1.165, 1.54) is 22.6 Å². The maximum Gasteiger partial charge on any atom is 0.00746 e. The van der Waals surface area contributed by atoms with Gasteiger partial charge in [0.2, 0.25) is 0 Å². The van der Waals surface area contributed by atoms with Crippen molar-refractivity contribution in [2.45, 2.75) is 31.6 Å². The normalized spacial score (nSPS) is 10.2. The molecule has 0 aliphatic carbocycles. The smallest absolute Gasteiger partial charge is 0.00746 e. The van der Waals surface area contributed by atoms with Crippen LogP contribution < -0.4 is 0 Å². The quantitative estimate of drug-likeness (QED) is 0.636. The molecule has 0 saturated carbocycles. The third-order valence-corrected chi connectivity index (χ3v) is 2.98. The highest BCUT2D eigenvalue weighted by Crippen LogP contribution is 2.19. The summed E-state index contributed by atoms with van der Waals surface area (Å²) in [5, 5.41) is 0.